The van der Waals surface area contributed by atoms with Crippen LogP contribution in [0.2, 0.25) is 0 Å². The highest BCUT2D eigenvalue weighted by molar-refractivity contribution is 5.57. The zero-order valence-corrected chi connectivity index (χ0v) is 10.2. The molecule has 4 heteroatoms. The number of aromatic nitrogens is 2. The molecule has 4 nitrogen and oxygen atoms in total. The van der Waals surface area contributed by atoms with Crippen molar-refractivity contribution in [3.05, 3.63) is 18.2 Å². The van der Waals surface area contributed by atoms with Gasteiger partial charge in [-0.05, 0) is 19.8 Å². The monoisotopic (exact) mass is 222 g/mol. The minimum Gasteiger partial charge on any atom is -0.334 e. The van der Waals surface area contributed by atoms with Crippen LogP contribution in [0.15, 0.2) is 6.20 Å². The fraction of sp³-hybridized carbons (Fsp3) is 0.667. The Labute approximate surface area is 97.1 Å². The van der Waals surface area contributed by atoms with Gasteiger partial charge in [0.25, 0.3) is 0 Å². The van der Waals surface area contributed by atoms with Crippen LogP contribution in [-0.2, 0) is 11.3 Å². The normalized spacial score (nSPS) is 13.0. The molecular weight excluding hydrogens is 202 g/mol. The summed E-state index contributed by atoms with van der Waals surface area (Å²) >= 11 is 0. The van der Waals surface area contributed by atoms with Crippen molar-refractivity contribution in [2.75, 3.05) is 0 Å². The number of carbonyl (C=O) groups excluding carboxylic acids is 1. The van der Waals surface area contributed by atoms with Crippen molar-refractivity contribution in [1.82, 2.24) is 14.9 Å². The molecule has 0 saturated carbocycles. The van der Waals surface area contributed by atoms with Crippen LogP contribution in [-0.4, -0.2) is 27.9 Å². The third kappa shape index (κ3) is 4.14. The number of rotatable bonds is 7. The first-order valence-corrected chi connectivity index (χ1v) is 5.74. The number of nitrogens with one attached hydrogen (secondary N) is 1. The number of aryl methyl sites for hydroxylation is 2. The third-order valence-corrected chi connectivity index (χ3v) is 2.48. The molecule has 0 saturated heterocycles. The van der Waals surface area contributed by atoms with E-state index >= 15 is 0 Å². The highest BCUT2D eigenvalue weighted by Crippen LogP contribution is 2.02. The number of nitrogens with zero attached hydrogens (tertiary/aromatic N) is 2. The molecule has 0 aliphatic carbocycles. The van der Waals surface area contributed by atoms with Gasteiger partial charge in [-0.25, -0.2) is 4.98 Å². The predicted molar refractivity (Wildman–Crippen MR) is 63.2 cm³/mol. The summed E-state index contributed by atoms with van der Waals surface area (Å²) < 4.78 is 2.05. The van der Waals surface area contributed by atoms with Gasteiger partial charge in [-0.2, -0.15) is 0 Å². The Kier molecular flexibility index (Phi) is 5.19. The molecule has 1 aromatic heterocycles. The highest BCUT2D eigenvalue weighted by atomic mass is 16.1. The van der Waals surface area contributed by atoms with Crippen LogP contribution in [0.4, 0.5) is 0 Å². The molecule has 1 rings (SSSR count). The van der Waals surface area contributed by atoms with Crippen molar-refractivity contribution >= 4 is 6.29 Å². The van der Waals surface area contributed by atoms with E-state index in [2.05, 4.69) is 21.1 Å². The van der Waals surface area contributed by atoms with Crippen LogP contribution < -0.4 is 5.32 Å². The number of imidazole rings is 1. The van der Waals surface area contributed by atoms with E-state index in [1.165, 1.54) is 0 Å². The summed E-state index contributed by atoms with van der Waals surface area (Å²) in [5.41, 5.74) is 0. The lowest BCUT2D eigenvalue weighted by Crippen LogP contribution is -2.36. The summed E-state index contributed by atoms with van der Waals surface area (Å²) in [6.07, 6.45) is 7.48. The minimum atomic E-state index is -0.0344. The van der Waals surface area contributed by atoms with Crippen LogP contribution in [0.25, 0.3) is 0 Å². The maximum absolute atomic E-state index is 10.8. The summed E-state index contributed by atoms with van der Waals surface area (Å²) in [6, 6.07) is 0.311. The molecule has 0 bridgehead atoms. The number of hydrogen-bond donors (Lipinski definition) is 1. The van der Waals surface area contributed by atoms with Gasteiger partial charge in [-0.1, -0.05) is 13.8 Å². The summed E-state index contributed by atoms with van der Waals surface area (Å²) in [4.78, 5) is 14.8. The summed E-state index contributed by atoms with van der Waals surface area (Å²) in [7, 11) is 0. The molecule has 16 heavy (non-hydrogen) atoms. The third-order valence-electron chi connectivity index (χ3n) is 2.48. The molecule has 0 aliphatic heterocycles. The Morgan fingerprint density at radius 3 is 2.88 bits per heavy atom. The second-order valence-electron chi connectivity index (χ2n) is 4.32. The van der Waals surface area contributed by atoms with Gasteiger partial charge in [-0.15, -0.1) is 0 Å². The van der Waals surface area contributed by atoms with Crippen molar-refractivity contribution in [3.8, 4) is 0 Å². The first kappa shape index (κ1) is 12.9. The van der Waals surface area contributed by atoms with E-state index in [0.29, 0.717) is 6.04 Å². The molecular formula is C12H20N3O. The lowest BCUT2D eigenvalue weighted by Gasteiger charge is -2.15. The first-order valence-electron chi connectivity index (χ1n) is 5.74. The second-order valence-corrected chi connectivity index (χ2v) is 4.32. The van der Waals surface area contributed by atoms with E-state index in [4.69, 9.17) is 0 Å². The molecule has 0 amide bonds. The lowest BCUT2D eigenvalue weighted by molar-refractivity contribution is -0.109. The fourth-order valence-electron chi connectivity index (χ4n) is 1.68. The van der Waals surface area contributed by atoms with Crippen LogP contribution >= 0.6 is 0 Å². The van der Waals surface area contributed by atoms with Gasteiger partial charge in [0.1, 0.15) is 18.3 Å². The molecule has 89 valence electrons. The van der Waals surface area contributed by atoms with Gasteiger partial charge in [0, 0.05) is 18.8 Å². The standard InChI is InChI=1S/C12H20N3O/c1-10(2)14-12(9-16)5-4-7-15-8-6-13-11(15)3/h8-10,12,14H,4-5,7H2,1-3H3. The van der Waals surface area contributed by atoms with E-state index in [9.17, 15) is 4.79 Å². The molecule has 0 aromatic carbocycles. The first-order chi connectivity index (χ1) is 7.63. The number of carbonyl (C=O) groups is 1. The van der Waals surface area contributed by atoms with E-state index in [1.807, 2.05) is 27.0 Å². The van der Waals surface area contributed by atoms with Gasteiger partial charge >= 0.3 is 0 Å². The van der Waals surface area contributed by atoms with Crippen LogP contribution in [0.1, 0.15) is 32.5 Å². The van der Waals surface area contributed by atoms with Gasteiger partial charge in [0.2, 0.25) is 0 Å². The van der Waals surface area contributed by atoms with E-state index in [1.54, 1.807) is 0 Å². The van der Waals surface area contributed by atoms with E-state index in [-0.39, 0.29) is 6.04 Å². The summed E-state index contributed by atoms with van der Waals surface area (Å²) in [5, 5.41) is 3.22. The average Bonchev–Trinajstić information content (AvgIpc) is 2.62. The van der Waals surface area contributed by atoms with Gasteiger partial charge < -0.3 is 14.7 Å². The molecule has 1 aromatic rings. The Morgan fingerprint density at radius 2 is 2.38 bits per heavy atom. The topological polar surface area (TPSA) is 46.9 Å². The van der Waals surface area contributed by atoms with E-state index < -0.39 is 0 Å². The maximum Gasteiger partial charge on any atom is 0.136 e. The van der Waals surface area contributed by atoms with E-state index in [0.717, 1.165) is 31.5 Å². The lowest BCUT2D eigenvalue weighted by atomic mass is 10.1. The zero-order valence-electron chi connectivity index (χ0n) is 10.2. The molecule has 1 radical (unpaired) electrons. The fourth-order valence-corrected chi connectivity index (χ4v) is 1.68. The SMILES string of the molecule is Cc1n[c]cn1CCCC(C=O)NC(C)C. The molecule has 1 heterocycles. The molecule has 1 unspecified atom stereocenters. The zero-order chi connectivity index (χ0) is 12.0. The van der Waals surface area contributed by atoms with Crippen LogP contribution in [0.5, 0.6) is 0 Å². The van der Waals surface area contributed by atoms with Crippen molar-refractivity contribution < 1.29 is 4.79 Å². The van der Waals surface area contributed by atoms with Crippen LogP contribution in [0.3, 0.4) is 0 Å². The molecule has 1 atom stereocenters. The second kappa shape index (κ2) is 6.43. The van der Waals surface area contributed by atoms with Crippen molar-refractivity contribution in [2.45, 2.75) is 52.2 Å². The van der Waals surface area contributed by atoms with Crippen LogP contribution in [0, 0.1) is 13.1 Å². The quantitative estimate of drug-likeness (QED) is 0.708. The Balaban J connectivity index is 2.28. The Hall–Kier alpha value is -1.16. The number of hydrogen-bond acceptors (Lipinski definition) is 3. The van der Waals surface area contributed by atoms with Crippen molar-refractivity contribution in [1.29, 1.82) is 0 Å². The Bertz CT molecular complexity index is 320. The van der Waals surface area contributed by atoms with Gasteiger partial charge in [-0.3, -0.25) is 0 Å². The minimum absolute atomic E-state index is 0.0344. The smallest absolute Gasteiger partial charge is 0.136 e. The highest BCUT2D eigenvalue weighted by Gasteiger charge is 2.08. The molecule has 0 fully saturated rings. The maximum atomic E-state index is 10.8. The number of aldehydes is 1. The average molecular weight is 222 g/mol. The largest absolute Gasteiger partial charge is 0.334 e. The molecule has 0 spiro atoms. The summed E-state index contributed by atoms with van der Waals surface area (Å²) in [6.45, 7) is 6.95. The molecule has 0 aliphatic rings. The Morgan fingerprint density at radius 1 is 1.62 bits per heavy atom. The van der Waals surface area contributed by atoms with Crippen molar-refractivity contribution in [2.24, 2.45) is 0 Å². The summed E-state index contributed by atoms with van der Waals surface area (Å²) in [5.74, 6) is 0.972. The molecule has 1 N–H and O–H groups in total. The predicted octanol–water partition coefficient (Wildman–Crippen LogP) is 1.34. The van der Waals surface area contributed by atoms with Gasteiger partial charge in [0.15, 0.2) is 0 Å². The van der Waals surface area contributed by atoms with Crippen molar-refractivity contribution in [3.63, 3.8) is 0 Å². The van der Waals surface area contributed by atoms with Gasteiger partial charge in [0.05, 0.1) is 6.04 Å².